The highest BCUT2D eigenvalue weighted by Crippen LogP contribution is 2.12. The minimum absolute atomic E-state index is 0.0559. The number of likely N-dealkylation sites (N-methyl/N-ethyl adjacent to an activating group) is 1. The van der Waals surface area contributed by atoms with Crippen LogP contribution in [0.1, 0.15) is 90.9 Å². The summed E-state index contributed by atoms with van der Waals surface area (Å²) >= 11 is 0. The van der Waals surface area contributed by atoms with E-state index in [0.717, 1.165) is 19.3 Å². The van der Waals surface area contributed by atoms with Crippen molar-refractivity contribution in [3.8, 4) is 0 Å². The van der Waals surface area contributed by atoms with E-state index in [0.29, 0.717) is 25.7 Å². The fourth-order valence-electron chi connectivity index (χ4n) is 3.48. The summed E-state index contributed by atoms with van der Waals surface area (Å²) in [6, 6.07) is -0.602. The van der Waals surface area contributed by atoms with Gasteiger partial charge in [-0.1, -0.05) is 58.8 Å². The molecule has 0 aromatic heterocycles. The Morgan fingerprint density at radius 2 is 1.39 bits per heavy atom. The predicted molar refractivity (Wildman–Crippen MR) is 128 cm³/mol. The molecule has 0 aliphatic carbocycles. The summed E-state index contributed by atoms with van der Waals surface area (Å²) in [6.45, 7) is 4.30. The van der Waals surface area contributed by atoms with Crippen LogP contribution in [-0.4, -0.2) is 80.6 Å². The first-order valence-electron chi connectivity index (χ1n) is 12.6. The van der Waals surface area contributed by atoms with Gasteiger partial charge in [-0.05, 0) is 12.8 Å². The zero-order valence-electron chi connectivity index (χ0n) is 21.6. The molecule has 0 amide bonds. The number of unbranched alkanes of at least 4 members (excludes halogenated alkanes) is 7. The van der Waals surface area contributed by atoms with Crippen LogP contribution in [0.25, 0.3) is 0 Å². The lowest BCUT2D eigenvalue weighted by atomic mass is 10.1. The van der Waals surface area contributed by atoms with Crippen LogP contribution in [0.3, 0.4) is 0 Å². The molecule has 0 saturated heterocycles. The van der Waals surface area contributed by atoms with Gasteiger partial charge in [0.25, 0.3) is 0 Å². The number of aliphatic carboxylic acids is 1. The molecule has 2 unspecified atom stereocenters. The van der Waals surface area contributed by atoms with Crippen LogP contribution in [-0.2, 0) is 28.6 Å². The maximum atomic E-state index is 12.3. The van der Waals surface area contributed by atoms with Gasteiger partial charge < -0.3 is 23.8 Å². The minimum Gasteiger partial charge on any atom is -0.477 e. The highest BCUT2D eigenvalue weighted by Gasteiger charge is 2.31. The number of ether oxygens (including phenoxy) is 3. The zero-order valence-corrected chi connectivity index (χ0v) is 21.6. The van der Waals surface area contributed by atoms with Gasteiger partial charge in [-0.2, -0.15) is 0 Å². The number of rotatable bonds is 21. The number of carbonyl (C=O) groups excluding carboxylic acids is 2. The number of hydrogen-bond acceptors (Lipinski definition) is 6. The summed E-state index contributed by atoms with van der Waals surface area (Å²) < 4.78 is 16.6. The Morgan fingerprint density at radius 1 is 0.788 bits per heavy atom. The molecule has 8 nitrogen and oxygen atoms in total. The summed E-state index contributed by atoms with van der Waals surface area (Å²) in [7, 11) is 5.46. The molecule has 0 saturated carbocycles. The Labute approximate surface area is 200 Å². The van der Waals surface area contributed by atoms with Crippen LogP contribution in [0.5, 0.6) is 0 Å². The van der Waals surface area contributed by atoms with Crippen molar-refractivity contribution in [2.45, 2.75) is 103 Å². The van der Waals surface area contributed by atoms with E-state index in [9.17, 15) is 19.5 Å². The fourth-order valence-corrected chi connectivity index (χ4v) is 3.48. The summed E-state index contributed by atoms with van der Waals surface area (Å²) in [5, 5.41) is 9.41. The van der Waals surface area contributed by atoms with E-state index in [2.05, 4.69) is 6.92 Å². The van der Waals surface area contributed by atoms with E-state index in [4.69, 9.17) is 14.2 Å². The van der Waals surface area contributed by atoms with E-state index in [-0.39, 0.29) is 36.2 Å². The van der Waals surface area contributed by atoms with Gasteiger partial charge in [0.2, 0.25) is 0 Å². The first kappa shape index (κ1) is 31.3. The van der Waals surface area contributed by atoms with Crippen molar-refractivity contribution in [3.63, 3.8) is 0 Å². The highest BCUT2D eigenvalue weighted by atomic mass is 16.6. The normalized spacial score (nSPS) is 13.4. The second-order valence-electron chi connectivity index (χ2n) is 9.60. The number of carbonyl (C=O) groups is 3. The molecular formula is C25H48NO7+. The van der Waals surface area contributed by atoms with Gasteiger partial charge in [0.05, 0.1) is 34.4 Å². The summed E-state index contributed by atoms with van der Waals surface area (Å²) in [5.41, 5.74) is 0. The molecule has 0 rings (SSSR count). The molecule has 8 heteroatoms. The van der Waals surface area contributed by atoms with E-state index >= 15 is 0 Å². The smallest absolute Gasteiger partial charge is 0.362 e. The average Bonchev–Trinajstić information content (AvgIpc) is 2.72. The fraction of sp³-hybridized carbons (Fsp3) is 0.880. The molecule has 0 bridgehead atoms. The maximum absolute atomic E-state index is 12.3. The van der Waals surface area contributed by atoms with E-state index in [1.165, 1.54) is 32.1 Å². The molecule has 2 atom stereocenters. The van der Waals surface area contributed by atoms with Crippen molar-refractivity contribution in [2.24, 2.45) is 0 Å². The Bertz CT molecular complexity index is 545. The van der Waals surface area contributed by atoms with E-state index < -0.39 is 18.1 Å². The van der Waals surface area contributed by atoms with Crippen molar-refractivity contribution in [3.05, 3.63) is 0 Å². The minimum atomic E-state index is -0.882. The lowest BCUT2D eigenvalue weighted by Gasteiger charge is -2.31. The van der Waals surface area contributed by atoms with E-state index in [1.54, 1.807) is 0 Å². The number of carboxylic acids is 1. The zero-order chi connectivity index (χ0) is 25.1. The molecular weight excluding hydrogens is 426 g/mol. The monoisotopic (exact) mass is 474 g/mol. The Morgan fingerprint density at radius 3 is 1.94 bits per heavy atom. The molecule has 33 heavy (non-hydrogen) atoms. The number of quaternary nitrogens is 1. The summed E-state index contributed by atoms with van der Waals surface area (Å²) in [5.74, 6) is -1.54. The average molecular weight is 475 g/mol. The van der Waals surface area contributed by atoms with Gasteiger partial charge in [-0.15, -0.1) is 0 Å². The lowest BCUT2D eigenvalue weighted by molar-refractivity contribution is -0.887. The molecule has 0 aliphatic rings. The van der Waals surface area contributed by atoms with Gasteiger partial charge in [0.15, 0.2) is 12.1 Å². The van der Waals surface area contributed by atoms with Crippen LogP contribution in [0, 0.1) is 0 Å². The van der Waals surface area contributed by atoms with Gasteiger partial charge in [-0.25, -0.2) is 4.79 Å². The maximum Gasteiger partial charge on any atom is 0.362 e. The largest absolute Gasteiger partial charge is 0.477 e. The molecule has 0 heterocycles. The third-order valence-corrected chi connectivity index (χ3v) is 5.48. The molecule has 1 N–H and O–H groups in total. The molecule has 0 aromatic rings. The third kappa shape index (κ3) is 17.5. The first-order chi connectivity index (χ1) is 15.6. The Balaban J connectivity index is 4.43. The van der Waals surface area contributed by atoms with Crippen LogP contribution >= 0.6 is 0 Å². The topological polar surface area (TPSA) is 99.1 Å². The van der Waals surface area contributed by atoms with Crippen molar-refractivity contribution in [1.29, 1.82) is 0 Å². The molecule has 0 aliphatic heterocycles. The predicted octanol–water partition coefficient (Wildman–Crippen LogP) is 4.34. The van der Waals surface area contributed by atoms with Crippen LogP contribution in [0.4, 0.5) is 0 Å². The van der Waals surface area contributed by atoms with Gasteiger partial charge in [-0.3, -0.25) is 9.59 Å². The first-order valence-corrected chi connectivity index (χ1v) is 12.6. The van der Waals surface area contributed by atoms with Gasteiger partial charge in [0.1, 0.15) is 6.61 Å². The van der Waals surface area contributed by atoms with Crippen molar-refractivity contribution >= 4 is 17.9 Å². The van der Waals surface area contributed by atoms with E-state index in [1.807, 2.05) is 28.1 Å². The summed E-state index contributed by atoms with van der Waals surface area (Å²) in [6.07, 6.45) is 10.1. The SMILES string of the molecule is CCCCCCCCCCC(=O)OC(COCCC(C(=O)O)[N+](C)(C)C)COC(=O)CCC. The number of esters is 2. The number of carboxylic acid groups (broad SMARTS) is 1. The Hall–Kier alpha value is -1.67. The molecule has 0 radical (unpaired) electrons. The lowest BCUT2D eigenvalue weighted by Crippen LogP contribution is -2.50. The van der Waals surface area contributed by atoms with Gasteiger partial charge >= 0.3 is 17.9 Å². The van der Waals surface area contributed by atoms with Crippen molar-refractivity contribution in [2.75, 3.05) is 41.0 Å². The quantitative estimate of drug-likeness (QED) is 0.150. The standard InChI is InChI=1S/C25H47NO7/c1-6-8-9-10-11-12-13-14-16-24(28)33-21(20-32-23(27)15-7-2)19-31-18-17-22(25(29)30)26(3,4)5/h21-22H,6-20H2,1-5H3/p+1. The van der Waals surface area contributed by atoms with Crippen LogP contribution in [0.2, 0.25) is 0 Å². The molecule has 0 aromatic carbocycles. The highest BCUT2D eigenvalue weighted by molar-refractivity contribution is 5.72. The second-order valence-corrected chi connectivity index (χ2v) is 9.60. The number of nitrogens with zero attached hydrogens (tertiary/aromatic N) is 1. The number of hydrogen-bond donors (Lipinski definition) is 1. The van der Waals surface area contributed by atoms with Crippen LogP contribution < -0.4 is 0 Å². The molecule has 0 spiro atoms. The second kappa shape index (κ2) is 18.7. The summed E-state index contributed by atoms with van der Waals surface area (Å²) in [4.78, 5) is 35.4. The van der Waals surface area contributed by atoms with Crippen molar-refractivity contribution < 1.29 is 38.2 Å². The Kier molecular flexibility index (Phi) is 17.8. The van der Waals surface area contributed by atoms with Crippen molar-refractivity contribution in [1.82, 2.24) is 0 Å². The molecule has 194 valence electrons. The van der Waals surface area contributed by atoms with Gasteiger partial charge in [0, 0.05) is 19.3 Å². The van der Waals surface area contributed by atoms with Crippen LogP contribution in [0.15, 0.2) is 0 Å². The molecule has 0 fully saturated rings. The third-order valence-electron chi connectivity index (χ3n) is 5.48.